The summed E-state index contributed by atoms with van der Waals surface area (Å²) < 4.78 is 26.3. The van der Waals surface area contributed by atoms with Gasteiger partial charge in [-0.1, -0.05) is 196 Å². The van der Waals surface area contributed by atoms with Crippen LogP contribution in [0.4, 0.5) is 4.79 Å². The quantitative estimate of drug-likeness (QED) is 0.0574. The zero-order chi connectivity index (χ0) is 81.6. The number of nitrogens with one attached hydrogen (secondary N) is 9. The van der Waals surface area contributed by atoms with E-state index in [0.717, 1.165) is 132 Å². The largest absolute Gasteiger partial charge is 0.497 e. The SMILES string of the molecule is Brc1cccc(C2NCCc3c2[nH]c2ccc(Br)cc32)c1.CCOC(=O)N1CCc2c([nH]c3ccc(Br)cc23)C1Cc1ccccc1.COc1ccc(C2NCCc3c2[nH]c2ccc(Br)cc32)cc1.COc1cccc(C2NCCc3c2[nH]c2ccc(Cl)cc32)c1.Clc1ccc2[nH]c3c(c2c1)CCNC3c1ccc(OCc2ccccc2)cc1. The van der Waals surface area contributed by atoms with Crippen molar-refractivity contribution in [2.45, 2.75) is 82.3 Å². The molecule has 119 heavy (non-hydrogen) atoms. The number of H-pyrrole nitrogens is 5. The fraction of sp³-hybridized carbons (Fsp3) is 0.214. The molecule has 0 saturated carbocycles. The third-order valence-electron chi connectivity index (χ3n) is 23.2. The molecular formula is C98H90Br4Cl2N10O5. The molecule has 11 aromatic carbocycles. The van der Waals surface area contributed by atoms with Crippen molar-refractivity contribution in [2.24, 2.45) is 0 Å². The Morgan fingerprint density at radius 1 is 0.378 bits per heavy atom. The van der Waals surface area contributed by atoms with Gasteiger partial charge < -0.3 is 65.1 Å². The van der Waals surface area contributed by atoms with Gasteiger partial charge in [0.25, 0.3) is 0 Å². The molecule has 0 spiro atoms. The molecular weight excluding hydrogens is 1790 g/mol. The molecule has 0 saturated heterocycles. The normalized spacial score (nSPS) is 17.0. The van der Waals surface area contributed by atoms with Gasteiger partial charge in [-0.05, 0) is 246 Å². The van der Waals surface area contributed by atoms with E-state index >= 15 is 0 Å². The Labute approximate surface area is 735 Å². The molecule has 0 aliphatic carbocycles. The van der Waals surface area contributed by atoms with Gasteiger partial charge >= 0.3 is 6.09 Å². The van der Waals surface area contributed by atoms with Crippen molar-refractivity contribution in [3.05, 3.63) is 366 Å². The summed E-state index contributed by atoms with van der Waals surface area (Å²) in [6.45, 7) is 7.38. The summed E-state index contributed by atoms with van der Waals surface area (Å²) in [7, 11) is 3.39. The lowest BCUT2D eigenvalue weighted by Crippen LogP contribution is -2.41. The molecule has 21 heteroatoms. The first-order valence-electron chi connectivity index (χ1n) is 40.4. The van der Waals surface area contributed by atoms with E-state index in [-0.39, 0.29) is 36.3 Å². The molecule has 1 amide bonds. The molecule has 0 radical (unpaired) electrons. The number of methoxy groups -OCH3 is 2. The van der Waals surface area contributed by atoms with Gasteiger partial charge in [0.15, 0.2) is 0 Å². The molecule has 0 fully saturated rings. The molecule has 5 aromatic heterocycles. The van der Waals surface area contributed by atoms with E-state index in [0.29, 0.717) is 19.8 Å². The highest BCUT2D eigenvalue weighted by Gasteiger charge is 2.36. The zero-order valence-corrected chi connectivity index (χ0v) is 73.9. The highest BCUT2D eigenvalue weighted by Crippen LogP contribution is 2.43. The second-order valence-electron chi connectivity index (χ2n) is 30.4. The summed E-state index contributed by atoms with van der Waals surface area (Å²) in [6.07, 6.45) is 5.49. The third-order valence-corrected chi connectivity index (χ3v) is 25.6. The maximum atomic E-state index is 12.6. The summed E-state index contributed by atoms with van der Waals surface area (Å²) in [5.74, 6) is 2.65. The van der Waals surface area contributed by atoms with Crippen molar-refractivity contribution in [3.8, 4) is 17.2 Å². The molecule has 5 unspecified atom stereocenters. The van der Waals surface area contributed by atoms with E-state index in [1.54, 1.807) is 14.2 Å². The number of aromatic amines is 5. The lowest BCUT2D eigenvalue weighted by molar-refractivity contribution is 0.0857. The van der Waals surface area contributed by atoms with Crippen molar-refractivity contribution >= 4 is 148 Å². The monoisotopic (exact) mass is 1870 g/mol. The topological polar surface area (TPSA) is 184 Å². The van der Waals surface area contributed by atoms with Crippen molar-refractivity contribution < 1.29 is 23.7 Å². The Morgan fingerprint density at radius 3 is 1.21 bits per heavy atom. The second kappa shape index (κ2) is 37.0. The minimum atomic E-state index is -0.237. The second-order valence-corrected chi connectivity index (χ2v) is 34.9. The van der Waals surface area contributed by atoms with Crippen molar-refractivity contribution in [2.75, 3.05) is 53.6 Å². The minimum Gasteiger partial charge on any atom is -0.497 e. The summed E-state index contributed by atoms with van der Waals surface area (Å²) in [6, 6.07) is 85.9. The molecule has 9 N–H and O–H groups in total. The number of hydrogen-bond donors (Lipinski definition) is 9. The number of nitrogens with zero attached hydrogens (tertiary/aromatic N) is 1. The fourth-order valence-electron chi connectivity index (χ4n) is 17.6. The number of ether oxygens (including phenoxy) is 4. The third kappa shape index (κ3) is 18.0. The highest BCUT2D eigenvalue weighted by molar-refractivity contribution is 9.11. The molecule has 5 atom stereocenters. The molecule has 15 nitrogen and oxygen atoms in total. The lowest BCUT2D eigenvalue weighted by Gasteiger charge is -2.35. The number of fused-ring (bicyclic) bond motifs is 15. The Morgan fingerprint density at radius 2 is 0.765 bits per heavy atom. The smallest absolute Gasteiger partial charge is 0.410 e. The Bertz CT molecular complexity index is 6290. The number of amides is 1. The number of hydrogen-bond acceptors (Lipinski definition) is 9. The molecule has 5 aliphatic rings. The number of halogens is 6. The fourth-order valence-corrected chi connectivity index (χ4v) is 19.4. The van der Waals surface area contributed by atoms with Crippen molar-refractivity contribution in [1.29, 1.82) is 0 Å². The summed E-state index contributed by atoms with van der Waals surface area (Å²) in [4.78, 5) is 32.4. The molecule has 604 valence electrons. The van der Waals surface area contributed by atoms with Crippen LogP contribution in [-0.2, 0) is 49.9 Å². The summed E-state index contributed by atoms with van der Waals surface area (Å²) in [5.41, 5.74) is 26.3. The number of aromatic nitrogens is 5. The predicted octanol–water partition coefficient (Wildman–Crippen LogP) is 24.0. The van der Waals surface area contributed by atoms with Crippen molar-refractivity contribution in [1.82, 2.24) is 51.1 Å². The standard InChI is InChI=1S/C24H21ClN2O.C21H21BrN2O2.C18H17BrN2O.C18H17ClN2O.C17H14Br2N2/c25-18-8-11-22-21(14-18)20-12-13-26-23(24(20)27-22)17-6-9-19(10-7-17)28-15-16-4-2-1-3-5-16;1-2-26-21(25)24-11-10-16-17-13-15(22)8-9-18(17)23-20(16)19(24)12-14-6-4-3-5-7-14;1-22-13-5-2-11(3-6-13)17-18-14(8-9-20-17)15-10-12(19)4-7-16(15)21-18;1-22-13-4-2-3-11(9-13)17-18-14(7-8-20-17)15-10-12(19)5-6-16(15)21-18;18-11-3-1-2-10(8-11)16-17-13(6-7-20-16)14-9-12(19)4-5-15(14)21-17/h1-11,14,23,26-27H,12-13,15H2;3-9,13,19,23H,2,10-12H2,1H3;2-7,10,17,20-21H,8-9H2,1H3;2-6,9-10,17,20-21H,7-8H2,1H3;1-5,8-9,16,20-21H,6-7H2. The minimum absolute atomic E-state index is 0.0497. The van der Waals surface area contributed by atoms with Crippen LogP contribution in [-0.4, -0.2) is 89.5 Å². The van der Waals surface area contributed by atoms with Crippen LogP contribution in [0.2, 0.25) is 10.0 Å². The first-order chi connectivity index (χ1) is 58.2. The van der Waals surface area contributed by atoms with Crippen LogP contribution in [0.1, 0.15) is 127 Å². The first-order valence-corrected chi connectivity index (χ1v) is 44.3. The lowest BCUT2D eigenvalue weighted by atomic mass is 9.93. The van der Waals surface area contributed by atoms with Gasteiger partial charge in [-0.2, -0.15) is 0 Å². The van der Waals surface area contributed by atoms with Crippen LogP contribution in [0.5, 0.6) is 17.2 Å². The van der Waals surface area contributed by atoms with E-state index in [1.807, 2.05) is 103 Å². The predicted molar refractivity (Wildman–Crippen MR) is 496 cm³/mol. The van der Waals surface area contributed by atoms with Gasteiger partial charge in [0.2, 0.25) is 0 Å². The van der Waals surface area contributed by atoms with Crippen LogP contribution >= 0.6 is 86.9 Å². The van der Waals surface area contributed by atoms with E-state index in [2.05, 4.69) is 268 Å². The van der Waals surface area contributed by atoms with Crippen LogP contribution in [0.3, 0.4) is 0 Å². The number of rotatable bonds is 12. The van der Waals surface area contributed by atoms with Gasteiger partial charge in [0, 0.05) is 144 Å². The maximum Gasteiger partial charge on any atom is 0.410 e. The Hall–Kier alpha value is -9.87. The van der Waals surface area contributed by atoms with Gasteiger partial charge in [-0.3, -0.25) is 4.90 Å². The van der Waals surface area contributed by atoms with Gasteiger partial charge in [-0.15, -0.1) is 0 Å². The molecule has 5 aliphatic heterocycles. The van der Waals surface area contributed by atoms with E-state index < -0.39 is 0 Å². The van der Waals surface area contributed by atoms with Crippen LogP contribution < -0.4 is 35.5 Å². The van der Waals surface area contributed by atoms with E-state index in [1.165, 1.54) is 122 Å². The average Bonchev–Trinajstić information content (AvgIpc) is 1.66. The molecule has 0 bridgehead atoms. The zero-order valence-electron chi connectivity index (χ0n) is 66.0. The van der Waals surface area contributed by atoms with E-state index in [4.69, 9.17) is 42.1 Å². The van der Waals surface area contributed by atoms with Crippen molar-refractivity contribution in [3.63, 3.8) is 0 Å². The molecule has 10 heterocycles. The number of benzene rings is 11. The number of carbonyl (C=O) groups is 1. The molecule has 16 aromatic rings. The Kier molecular flexibility index (Phi) is 25.3. The van der Waals surface area contributed by atoms with Crippen LogP contribution in [0.15, 0.2) is 267 Å². The maximum absolute atomic E-state index is 12.6. The van der Waals surface area contributed by atoms with Gasteiger partial charge in [-0.25, -0.2) is 4.79 Å². The van der Waals surface area contributed by atoms with Gasteiger partial charge in [0.1, 0.15) is 23.9 Å². The first kappa shape index (κ1) is 81.5. The molecule has 21 rings (SSSR count). The highest BCUT2D eigenvalue weighted by atomic mass is 79.9. The summed E-state index contributed by atoms with van der Waals surface area (Å²) in [5, 5.41) is 22.4. The summed E-state index contributed by atoms with van der Waals surface area (Å²) >= 11 is 26.7. The average molecular weight is 1880 g/mol. The number of carbonyl (C=O) groups excluding carboxylic acids is 1. The van der Waals surface area contributed by atoms with Gasteiger partial charge in [0.05, 0.1) is 51.0 Å². The van der Waals surface area contributed by atoms with Crippen LogP contribution in [0.25, 0.3) is 54.5 Å². The van der Waals surface area contributed by atoms with E-state index in [9.17, 15) is 4.79 Å². The Balaban J connectivity index is 0.000000107. The van der Waals surface area contributed by atoms with Crippen LogP contribution in [0, 0.1) is 0 Å².